The van der Waals surface area contributed by atoms with Crippen molar-refractivity contribution in [1.29, 1.82) is 0 Å². The van der Waals surface area contributed by atoms with Crippen molar-refractivity contribution in [2.45, 2.75) is 25.8 Å². The molecule has 3 aromatic rings. The summed E-state index contributed by atoms with van der Waals surface area (Å²) in [6.45, 7) is 0.377. The molecule has 0 fully saturated rings. The van der Waals surface area contributed by atoms with Crippen molar-refractivity contribution in [3.05, 3.63) is 82.4 Å². The molecule has 4 rings (SSSR count). The van der Waals surface area contributed by atoms with Crippen LogP contribution in [-0.2, 0) is 24.4 Å². The van der Waals surface area contributed by atoms with Crippen LogP contribution in [0.3, 0.4) is 0 Å². The summed E-state index contributed by atoms with van der Waals surface area (Å²) in [4.78, 5) is 12.4. The van der Waals surface area contributed by atoms with Gasteiger partial charge in [0.2, 0.25) is 0 Å². The highest BCUT2D eigenvalue weighted by Crippen LogP contribution is 2.27. The van der Waals surface area contributed by atoms with Gasteiger partial charge in [0, 0.05) is 12.6 Å². The van der Waals surface area contributed by atoms with E-state index in [1.54, 1.807) is 16.8 Å². The molecule has 1 aliphatic heterocycles. The second-order valence-electron chi connectivity index (χ2n) is 6.38. The highest BCUT2D eigenvalue weighted by Gasteiger charge is 2.27. The highest BCUT2D eigenvalue weighted by atomic mass is 19.1. The van der Waals surface area contributed by atoms with E-state index in [9.17, 15) is 18.0 Å². The van der Waals surface area contributed by atoms with Gasteiger partial charge in [-0.3, -0.25) is 4.79 Å². The Balaban J connectivity index is 1.45. The third-order valence-corrected chi connectivity index (χ3v) is 4.43. The maximum Gasteiger partial charge on any atom is 0.274 e. The first-order valence-electron chi connectivity index (χ1n) is 8.52. The molecule has 0 aliphatic carbocycles. The molecule has 2 heterocycles. The minimum absolute atomic E-state index is 0.0567. The number of fused-ring (bicyclic) bond motifs is 1. The number of nitrogens with zero attached hydrogens (tertiary/aromatic N) is 3. The average molecular weight is 388 g/mol. The lowest BCUT2D eigenvalue weighted by Crippen LogP contribution is -2.27. The minimum Gasteiger partial charge on any atom is -0.365 e. The smallest absolute Gasteiger partial charge is 0.274 e. The number of ether oxygens (including phenoxy) is 1. The zero-order valence-electron chi connectivity index (χ0n) is 14.5. The van der Waals surface area contributed by atoms with E-state index < -0.39 is 17.5 Å². The fraction of sp³-hybridized carbons (Fsp3) is 0.211. The summed E-state index contributed by atoms with van der Waals surface area (Å²) in [7, 11) is 0. The van der Waals surface area contributed by atoms with Crippen molar-refractivity contribution in [2.75, 3.05) is 0 Å². The molecule has 1 N–H and O–H groups in total. The number of carbonyl (C=O) groups excluding carboxylic acids is 1. The number of halogens is 3. The summed E-state index contributed by atoms with van der Waals surface area (Å²) < 4.78 is 46.9. The Morgan fingerprint density at radius 1 is 1.11 bits per heavy atom. The molecule has 0 spiro atoms. The van der Waals surface area contributed by atoms with Crippen LogP contribution in [0.1, 0.15) is 33.4 Å². The first kappa shape index (κ1) is 18.2. The van der Waals surface area contributed by atoms with Crippen LogP contribution in [0.15, 0.2) is 42.5 Å². The van der Waals surface area contributed by atoms with Crippen molar-refractivity contribution < 1.29 is 22.7 Å². The maximum atomic E-state index is 13.2. The molecule has 0 saturated heterocycles. The maximum absolute atomic E-state index is 13.2. The number of nitrogens with one attached hydrogen (secondary N) is 1. The lowest BCUT2D eigenvalue weighted by atomic mass is 10.1. The third-order valence-electron chi connectivity index (χ3n) is 4.43. The van der Waals surface area contributed by atoms with E-state index in [1.165, 1.54) is 12.1 Å². The topological polar surface area (TPSA) is 69.0 Å². The molecule has 1 aromatic heterocycles. The Morgan fingerprint density at radius 3 is 2.54 bits per heavy atom. The van der Waals surface area contributed by atoms with Gasteiger partial charge in [0.15, 0.2) is 5.69 Å². The van der Waals surface area contributed by atoms with Gasteiger partial charge in [0.25, 0.3) is 5.91 Å². The first-order chi connectivity index (χ1) is 13.5. The van der Waals surface area contributed by atoms with Gasteiger partial charge in [-0.15, -0.1) is 5.10 Å². The summed E-state index contributed by atoms with van der Waals surface area (Å²) >= 11 is 0. The van der Waals surface area contributed by atoms with Crippen molar-refractivity contribution in [1.82, 2.24) is 20.3 Å². The van der Waals surface area contributed by atoms with Crippen LogP contribution in [0.5, 0.6) is 0 Å². The van der Waals surface area contributed by atoms with E-state index in [-0.39, 0.29) is 30.8 Å². The van der Waals surface area contributed by atoms with Crippen molar-refractivity contribution in [2.24, 2.45) is 0 Å². The molecule has 1 atom stereocenters. The van der Waals surface area contributed by atoms with Crippen LogP contribution in [0.2, 0.25) is 0 Å². The summed E-state index contributed by atoms with van der Waals surface area (Å²) in [5, 5.41) is 10.5. The molecule has 1 unspecified atom stereocenters. The molecule has 0 radical (unpaired) electrons. The van der Waals surface area contributed by atoms with Gasteiger partial charge in [-0.05, 0) is 35.4 Å². The largest absolute Gasteiger partial charge is 0.365 e. The molecule has 0 saturated carbocycles. The molecule has 9 heteroatoms. The summed E-state index contributed by atoms with van der Waals surface area (Å²) in [5.74, 6) is -2.29. The van der Waals surface area contributed by atoms with Gasteiger partial charge in [-0.1, -0.05) is 17.3 Å². The molecule has 6 nitrogen and oxygen atoms in total. The number of hydrogen-bond donors (Lipinski definition) is 1. The van der Waals surface area contributed by atoms with Gasteiger partial charge < -0.3 is 10.1 Å². The van der Waals surface area contributed by atoms with Crippen molar-refractivity contribution >= 4 is 5.91 Å². The standard InChI is InChI=1S/C19H15F3N4O2/c20-13-3-1-12(2-4-13)17-9-26-16(10-28-17)18(24-25-26)19(27)23-8-11-5-14(21)7-15(22)6-11/h1-7,17H,8-10H2,(H,23,27). The molecular weight excluding hydrogens is 373 g/mol. The van der Waals surface area contributed by atoms with E-state index in [0.29, 0.717) is 17.8 Å². The van der Waals surface area contributed by atoms with E-state index in [2.05, 4.69) is 15.6 Å². The SMILES string of the molecule is O=C(NCc1cc(F)cc(F)c1)c1nnn2c1COC(c1ccc(F)cc1)C2. The summed E-state index contributed by atoms with van der Waals surface area (Å²) in [6.07, 6.45) is -0.332. The Morgan fingerprint density at radius 2 is 1.82 bits per heavy atom. The molecule has 1 amide bonds. The monoisotopic (exact) mass is 388 g/mol. The number of hydrogen-bond acceptors (Lipinski definition) is 4. The van der Waals surface area contributed by atoms with E-state index in [1.807, 2.05) is 0 Å². The predicted octanol–water partition coefficient (Wildman–Crippen LogP) is 2.90. The predicted molar refractivity (Wildman–Crippen MR) is 91.5 cm³/mol. The lowest BCUT2D eigenvalue weighted by molar-refractivity contribution is -0.00180. The van der Waals surface area contributed by atoms with Gasteiger partial charge in [0.1, 0.15) is 23.6 Å². The zero-order chi connectivity index (χ0) is 19.7. The Labute approximate surface area is 157 Å². The molecule has 2 aromatic carbocycles. The molecular formula is C19H15F3N4O2. The van der Waals surface area contributed by atoms with Crippen LogP contribution < -0.4 is 5.32 Å². The number of benzene rings is 2. The fourth-order valence-corrected chi connectivity index (χ4v) is 3.05. The van der Waals surface area contributed by atoms with Crippen LogP contribution in [0.25, 0.3) is 0 Å². The number of amides is 1. The van der Waals surface area contributed by atoms with E-state index in [4.69, 9.17) is 4.74 Å². The van der Waals surface area contributed by atoms with Gasteiger partial charge >= 0.3 is 0 Å². The number of rotatable bonds is 4. The summed E-state index contributed by atoms with van der Waals surface area (Å²) in [6, 6.07) is 9.01. The Kier molecular flexibility index (Phi) is 4.82. The first-order valence-corrected chi connectivity index (χ1v) is 8.52. The van der Waals surface area contributed by atoms with Crippen LogP contribution >= 0.6 is 0 Å². The molecule has 144 valence electrons. The van der Waals surface area contributed by atoms with Crippen LogP contribution in [0.4, 0.5) is 13.2 Å². The van der Waals surface area contributed by atoms with Crippen molar-refractivity contribution in [3.8, 4) is 0 Å². The molecule has 0 bridgehead atoms. The Hall–Kier alpha value is -3.20. The van der Waals surface area contributed by atoms with Gasteiger partial charge in [-0.2, -0.15) is 0 Å². The lowest BCUT2D eigenvalue weighted by Gasteiger charge is -2.24. The quantitative estimate of drug-likeness (QED) is 0.746. The minimum atomic E-state index is -0.717. The normalized spacial score (nSPS) is 15.9. The van der Waals surface area contributed by atoms with Gasteiger partial charge in [0.05, 0.1) is 18.8 Å². The van der Waals surface area contributed by atoms with Crippen LogP contribution in [-0.4, -0.2) is 20.9 Å². The number of aromatic nitrogens is 3. The molecule has 1 aliphatic rings. The van der Waals surface area contributed by atoms with Crippen molar-refractivity contribution in [3.63, 3.8) is 0 Å². The van der Waals surface area contributed by atoms with E-state index in [0.717, 1.165) is 23.8 Å². The highest BCUT2D eigenvalue weighted by molar-refractivity contribution is 5.93. The van der Waals surface area contributed by atoms with Crippen LogP contribution in [0, 0.1) is 17.5 Å². The Bertz CT molecular complexity index is 1000. The van der Waals surface area contributed by atoms with E-state index >= 15 is 0 Å². The number of carbonyl (C=O) groups is 1. The third kappa shape index (κ3) is 3.74. The zero-order valence-corrected chi connectivity index (χ0v) is 14.5. The second-order valence-corrected chi connectivity index (χ2v) is 6.38. The average Bonchev–Trinajstić information content (AvgIpc) is 3.09. The second kappa shape index (κ2) is 7.43. The van der Waals surface area contributed by atoms with Gasteiger partial charge in [-0.25, -0.2) is 17.9 Å². The fourth-order valence-electron chi connectivity index (χ4n) is 3.05. The summed E-state index contributed by atoms with van der Waals surface area (Å²) in [5.41, 5.74) is 1.68. The molecule has 28 heavy (non-hydrogen) atoms.